The fraction of sp³-hybridized carbons (Fsp3) is 0. The normalized spacial score (nSPS) is 11.2. The summed E-state index contributed by atoms with van der Waals surface area (Å²) in [6.07, 6.45) is 0. The first-order chi connectivity index (χ1) is 11.5. The molecule has 8 heteroatoms. The molecule has 0 aliphatic rings. The number of hydrogen-bond donors (Lipinski definition) is 4. The second-order valence-electron chi connectivity index (χ2n) is 5.24. The van der Waals surface area contributed by atoms with Crippen LogP contribution in [0, 0.1) is 0 Å². The highest BCUT2D eigenvalue weighted by Gasteiger charge is 2.13. The first kappa shape index (κ1) is 13.9. The van der Waals surface area contributed by atoms with Gasteiger partial charge < -0.3 is 20.2 Å². The van der Waals surface area contributed by atoms with Gasteiger partial charge in [0.1, 0.15) is 0 Å². The number of carbonyl (C=O) groups is 2. The number of rotatable bonds is 3. The smallest absolute Gasteiger partial charge is 0.335 e. The standard InChI is InChI=1S/C16H10N4O4/c21-15(22)7-1-3-9-11(5-7)19-13(17-9)14-18-10-4-2-8(16(23)24)6-12(10)20-14/h1-6H,(H,17,19)(H,18,20)(H,21,22)(H,23,24). The Morgan fingerprint density at radius 1 is 0.750 bits per heavy atom. The molecule has 2 aromatic heterocycles. The topological polar surface area (TPSA) is 132 Å². The predicted molar refractivity (Wildman–Crippen MR) is 85.1 cm³/mol. The maximum Gasteiger partial charge on any atom is 0.335 e. The maximum atomic E-state index is 11.0. The molecule has 0 amide bonds. The lowest BCUT2D eigenvalue weighted by atomic mass is 10.2. The van der Waals surface area contributed by atoms with Crippen molar-refractivity contribution in [3.8, 4) is 11.6 Å². The van der Waals surface area contributed by atoms with Crippen molar-refractivity contribution >= 4 is 34.0 Å². The molecule has 4 N–H and O–H groups in total. The number of H-pyrrole nitrogens is 2. The van der Waals surface area contributed by atoms with E-state index < -0.39 is 11.9 Å². The Hall–Kier alpha value is -3.68. The van der Waals surface area contributed by atoms with E-state index in [2.05, 4.69) is 19.9 Å². The molecule has 118 valence electrons. The van der Waals surface area contributed by atoms with Crippen LogP contribution in [0.2, 0.25) is 0 Å². The van der Waals surface area contributed by atoms with E-state index in [4.69, 9.17) is 10.2 Å². The molecule has 0 atom stereocenters. The van der Waals surface area contributed by atoms with E-state index in [1.54, 1.807) is 12.1 Å². The summed E-state index contributed by atoms with van der Waals surface area (Å²) in [5, 5.41) is 18.1. The third kappa shape index (κ3) is 2.17. The number of nitrogens with one attached hydrogen (secondary N) is 2. The van der Waals surface area contributed by atoms with Gasteiger partial charge in [0, 0.05) is 0 Å². The van der Waals surface area contributed by atoms with Crippen LogP contribution in [0.3, 0.4) is 0 Å². The fourth-order valence-electron chi connectivity index (χ4n) is 2.50. The Kier molecular flexibility index (Phi) is 2.86. The highest BCUT2D eigenvalue weighted by Crippen LogP contribution is 2.22. The van der Waals surface area contributed by atoms with Gasteiger partial charge in [0.15, 0.2) is 11.6 Å². The molecule has 0 radical (unpaired) electrons. The minimum Gasteiger partial charge on any atom is -0.478 e. The van der Waals surface area contributed by atoms with Crippen molar-refractivity contribution in [2.75, 3.05) is 0 Å². The minimum absolute atomic E-state index is 0.149. The van der Waals surface area contributed by atoms with Gasteiger partial charge in [-0.25, -0.2) is 19.6 Å². The lowest BCUT2D eigenvalue weighted by Gasteiger charge is -1.92. The van der Waals surface area contributed by atoms with Crippen molar-refractivity contribution in [1.82, 2.24) is 19.9 Å². The molecule has 24 heavy (non-hydrogen) atoms. The molecule has 0 saturated carbocycles. The number of benzene rings is 2. The van der Waals surface area contributed by atoms with Crippen molar-refractivity contribution < 1.29 is 19.8 Å². The lowest BCUT2D eigenvalue weighted by molar-refractivity contribution is 0.0686. The zero-order valence-electron chi connectivity index (χ0n) is 12.1. The molecule has 0 aliphatic heterocycles. The third-order valence-corrected chi connectivity index (χ3v) is 3.68. The average Bonchev–Trinajstić information content (AvgIpc) is 3.16. The maximum absolute atomic E-state index is 11.0. The van der Waals surface area contributed by atoms with Crippen molar-refractivity contribution in [1.29, 1.82) is 0 Å². The Morgan fingerprint density at radius 2 is 1.17 bits per heavy atom. The lowest BCUT2D eigenvalue weighted by Crippen LogP contribution is -1.94. The van der Waals surface area contributed by atoms with Crippen LogP contribution in [0.25, 0.3) is 33.7 Å². The number of imidazole rings is 2. The summed E-state index contributed by atoms with van der Waals surface area (Å²) in [7, 11) is 0. The van der Waals surface area contributed by atoms with Crippen molar-refractivity contribution in [2.24, 2.45) is 0 Å². The summed E-state index contributed by atoms with van der Waals surface area (Å²) in [6, 6.07) is 9.21. The van der Waals surface area contributed by atoms with Gasteiger partial charge in [0.2, 0.25) is 0 Å². The third-order valence-electron chi connectivity index (χ3n) is 3.68. The number of aromatic amines is 2. The summed E-state index contributed by atoms with van der Waals surface area (Å²) in [5.41, 5.74) is 2.68. The summed E-state index contributed by atoms with van der Waals surface area (Å²) in [4.78, 5) is 36.9. The first-order valence-electron chi connectivity index (χ1n) is 6.98. The molecule has 0 unspecified atom stereocenters. The molecule has 0 spiro atoms. The highest BCUT2D eigenvalue weighted by atomic mass is 16.4. The quantitative estimate of drug-likeness (QED) is 0.458. The molecule has 2 heterocycles. The van der Waals surface area contributed by atoms with Crippen LogP contribution in [0.5, 0.6) is 0 Å². The number of hydrogen-bond acceptors (Lipinski definition) is 4. The molecule has 0 saturated heterocycles. The second-order valence-corrected chi connectivity index (χ2v) is 5.24. The van der Waals surface area contributed by atoms with Crippen LogP contribution in [-0.2, 0) is 0 Å². The van der Waals surface area contributed by atoms with E-state index in [-0.39, 0.29) is 11.1 Å². The molecule has 8 nitrogen and oxygen atoms in total. The molecule has 0 fully saturated rings. The van der Waals surface area contributed by atoms with Gasteiger partial charge in [-0.05, 0) is 36.4 Å². The number of carboxylic acids is 2. The van der Waals surface area contributed by atoms with Crippen molar-refractivity contribution in [3.05, 3.63) is 47.5 Å². The van der Waals surface area contributed by atoms with Crippen molar-refractivity contribution in [3.63, 3.8) is 0 Å². The Morgan fingerprint density at radius 3 is 1.54 bits per heavy atom. The summed E-state index contributed by atoms with van der Waals surface area (Å²) in [5.74, 6) is -1.15. The van der Waals surface area contributed by atoms with Gasteiger partial charge >= 0.3 is 11.9 Å². The first-order valence-corrected chi connectivity index (χ1v) is 6.98. The zero-order chi connectivity index (χ0) is 16.8. The van der Waals surface area contributed by atoms with Crippen molar-refractivity contribution in [2.45, 2.75) is 0 Å². The molecular formula is C16H10N4O4. The molecule has 0 bridgehead atoms. The Bertz CT molecular complexity index is 1040. The number of aromatic carboxylic acids is 2. The predicted octanol–water partition coefficient (Wildman–Crippen LogP) is 2.50. The van der Waals surface area contributed by atoms with Crippen LogP contribution in [-0.4, -0.2) is 42.1 Å². The SMILES string of the molecule is O=C(O)c1ccc2[nH]c(-c3nc4cc(C(=O)O)ccc4[nH]3)nc2c1. The van der Waals surface area contributed by atoms with E-state index in [1.807, 2.05) is 0 Å². The molecule has 4 rings (SSSR count). The number of nitrogens with zero attached hydrogens (tertiary/aromatic N) is 2. The monoisotopic (exact) mass is 322 g/mol. The molecule has 4 aromatic rings. The van der Waals surface area contributed by atoms with Crippen LogP contribution < -0.4 is 0 Å². The van der Waals surface area contributed by atoms with Crippen LogP contribution in [0.15, 0.2) is 36.4 Å². The number of aromatic nitrogens is 4. The minimum atomic E-state index is -1.02. The molecule has 2 aromatic carbocycles. The van der Waals surface area contributed by atoms with Crippen LogP contribution >= 0.6 is 0 Å². The van der Waals surface area contributed by atoms with Crippen LogP contribution in [0.4, 0.5) is 0 Å². The second kappa shape index (κ2) is 4.92. The number of carboxylic acid groups (broad SMARTS) is 2. The average molecular weight is 322 g/mol. The summed E-state index contributed by atoms with van der Waals surface area (Å²) >= 11 is 0. The highest BCUT2D eigenvalue weighted by molar-refractivity contribution is 5.94. The van der Waals surface area contributed by atoms with E-state index in [0.717, 1.165) is 0 Å². The molecule has 0 aliphatic carbocycles. The summed E-state index contributed by atoms with van der Waals surface area (Å²) in [6.45, 7) is 0. The van der Waals surface area contributed by atoms with E-state index in [0.29, 0.717) is 33.7 Å². The van der Waals surface area contributed by atoms with E-state index >= 15 is 0 Å². The van der Waals surface area contributed by atoms with E-state index in [1.165, 1.54) is 24.3 Å². The van der Waals surface area contributed by atoms with Gasteiger partial charge in [0.25, 0.3) is 0 Å². The van der Waals surface area contributed by atoms with Gasteiger partial charge in [0.05, 0.1) is 33.2 Å². The largest absolute Gasteiger partial charge is 0.478 e. The van der Waals surface area contributed by atoms with E-state index in [9.17, 15) is 9.59 Å². The van der Waals surface area contributed by atoms with Gasteiger partial charge in [-0.15, -0.1) is 0 Å². The number of fused-ring (bicyclic) bond motifs is 2. The van der Waals surface area contributed by atoms with Gasteiger partial charge in [-0.3, -0.25) is 0 Å². The Balaban J connectivity index is 1.82. The van der Waals surface area contributed by atoms with Gasteiger partial charge in [-0.1, -0.05) is 0 Å². The van der Waals surface area contributed by atoms with Gasteiger partial charge in [-0.2, -0.15) is 0 Å². The van der Waals surface area contributed by atoms with Crippen LogP contribution in [0.1, 0.15) is 20.7 Å². The molecular weight excluding hydrogens is 312 g/mol. The zero-order valence-corrected chi connectivity index (χ0v) is 12.1. The Labute approximate surface area is 133 Å². The fourth-order valence-corrected chi connectivity index (χ4v) is 2.50. The summed E-state index contributed by atoms with van der Waals surface area (Å²) < 4.78 is 0.